The molecule has 2 rings (SSSR count). The molecule has 1 fully saturated rings. The quantitative estimate of drug-likeness (QED) is 0.809. The van der Waals surface area contributed by atoms with Gasteiger partial charge < -0.3 is 11.1 Å². The highest BCUT2D eigenvalue weighted by Crippen LogP contribution is 2.23. The summed E-state index contributed by atoms with van der Waals surface area (Å²) in [6.45, 7) is 0. The summed E-state index contributed by atoms with van der Waals surface area (Å²) < 4.78 is 12.0. The molecule has 6 heteroatoms. The number of rotatable bonds is 5. The Bertz CT molecular complexity index is 489. The minimum atomic E-state index is -1.29. The molecule has 4 nitrogen and oxygen atoms in total. The third kappa shape index (κ3) is 3.71. The smallest absolute Gasteiger partial charge is 0.221 e. The van der Waals surface area contributed by atoms with Gasteiger partial charge in [0, 0.05) is 23.9 Å². The van der Waals surface area contributed by atoms with Gasteiger partial charge in [0.2, 0.25) is 5.91 Å². The molecule has 0 heterocycles. The van der Waals surface area contributed by atoms with Crippen molar-refractivity contribution in [2.75, 3.05) is 11.5 Å². The van der Waals surface area contributed by atoms with Gasteiger partial charge in [-0.15, -0.1) is 0 Å². The van der Waals surface area contributed by atoms with E-state index < -0.39 is 10.8 Å². The number of carbonyl (C=O) groups excluding carboxylic acids is 1. The molecule has 0 aromatic heterocycles. The van der Waals surface area contributed by atoms with Crippen LogP contribution in [0.5, 0.6) is 0 Å². The van der Waals surface area contributed by atoms with E-state index in [1.54, 1.807) is 18.2 Å². The Hall–Kier alpha value is -1.07. The number of hydrogen-bond acceptors (Lipinski definition) is 3. The van der Waals surface area contributed by atoms with Crippen LogP contribution in [0.25, 0.3) is 0 Å². The number of carbonyl (C=O) groups is 1. The molecule has 0 bridgehead atoms. The summed E-state index contributed by atoms with van der Waals surface area (Å²) in [6, 6.07) is 5.20. The normalized spacial score (nSPS) is 16.3. The molecule has 0 saturated heterocycles. The van der Waals surface area contributed by atoms with Crippen LogP contribution in [0.4, 0.5) is 5.69 Å². The molecule has 1 saturated carbocycles. The SMILES string of the molecule is Nc1ccc(Cl)c(S(=O)CCC(=O)NC2CC2)c1. The van der Waals surface area contributed by atoms with Gasteiger partial charge in [0.15, 0.2) is 0 Å². The minimum absolute atomic E-state index is 0.0501. The standard InChI is InChI=1S/C12H15ClN2O2S/c13-10-4-1-8(14)7-11(10)18(17)6-5-12(16)15-9-2-3-9/h1,4,7,9H,2-3,5-6,14H2,(H,15,16). The third-order valence-corrected chi connectivity index (χ3v) is 4.50. The van der Waals surface area contributed by atoms with E-state index in [4.69, 9.17) is 17.3 Å². The first-order chi connectivity index (χ1) is 8.56. The third-order valence-electron chi connectivity index (χ3n) is 2.66. The molecule has 0 spiro atoms. The Labute approximate surface area is 113 Å². The van der Waals surface area contributed by atoms with Crippen molar-refractivity contribution in [1.29, 1.82) is 0 Å². The number of benzene rings is 1. The highest BCUT2D eigenvalue weighted by molar-refractivity contribution is 7.85. The predicted molar refractivity (Wildman–Crippen MR) is 72.9 cm³/mol. The monoisotopic (exact) mass is 286 g/mol. The van der Waals surface area contributed by atoms with E-state index in [0.717, 1.165) is 12.8 Å². The molecule has 18 heavy (non-hydrogen) atoms. The van der Waals surface area contributed by atoms with Crippen molar-refractivity contribution in [2.45, 2.75) is 30.2 Å². The fourth-order valence-electron chi connectivity index (χ4n) is 1.52. The number of nitrogens with one attached hydrogen (secondary N) is 1. The van der Waals surface area contributed by atoms with Gasteiger partial charge in [-0.05, 0) is 31.0 Å². The summed E-state index contributed by atoms with van der Waals surface area (Å²) >= 11 is 5.95. The van der Waals surface area contributed by atoms with Crippen LogP contribution >= 0.6 is 11.6 Å². The average molecular weight is 287 g/mol. The van der Waals surface area contributed by atoms with Crippen molar-refractivity contribution < 1.29 is 9.00 Å². The first kappa shape index (κ1) is 13.4. The highest BCUT2D eigenvalue weighted by atomic mass is 35.5. The lowest BCUT2D eigenvalue weighted by Crippen LogP contribution is -2.26. The van der Waals surface area contributed by atoms with Crippen molar-refractivity contribution >= 4 is 34.0 Å². The van der Waals surface area contributed by atoms with Gasteiger partial charge in [-0.1, -0.05) is 11.6 Å². The molecule has 1 unspecified atom stereocenters. The van der Waals surface area contributed by atoms with E-state index in [9.17, 15) is 9.00 Å². The second kappa shape index (κ2) is 5.71. The summed E-state index contributed by atoms with van der Waals surface area (Å²) in [7, 11) is -1.29. The Balaban J connectivity index is 1.90. The lowest BCUT2D eigenvalue weighted by molar-refractivity contribution is -0.120. The first-order valence-electron chi connectivity index (χ1n) is 5.79. The Morgan fingerprint density at radius 2 is 2.22 bits per heavy atom. The number of nitrogens with two attached hydrogens (primary N) is 1. The van der Waals surface area contributed by atoms with E-state index >= 15 is 0 Å². The summed E-state index contributed by atoms with van der Waals surface area (Å²) in [6.07, 6.45) is 2.35. The van der Waals surface area contributed by atoms with Gasteiger partial charge in [-0.25, -0.2) is 0 Å². The van der Waals surface area contributed by atoms with E-state index in [1.165, 1.54) is 0 Å². The molecule has 1 aliphatic carbocycles. The topological polar surface area (TPSA) is 72.2 Å². The first-order valence-corrected chi connectivity index (χ1v) is 7.48. The van der Waals surface area contributed by atoms with Gasteiger partial charge in [0.05, 0.1) is 20.7 Å². The summed E-state index contributed by atoms with van der Waals surface area (Å²) in [5.41, 5.74) is 6.14. The largest absolute Gasteiger partial charge is 0.399 e. The summed E-state index contributed by atoms with van der Waals surface area (Å²) in [5.74, 6) is 0.215. The van der Waals surface area contributed by atoms with Crippen LogP contribution in [0.3, 0.4) is 0 Å². The van der Waals surface area contributed by atoms with Crippen LogP contribution in [-0.4, -0.2) is 21.9 Å². The van der Waals surface area contributed by atoms with Crippen LogP contribution in [0.1, 0.15) is 19.3 Å². The zero-order valence-electron chi connectivity index (χ0n) is 9.82. The van der Waals surface area contributed by atoms with Crippen LogP contribution in [0, 0.1) is 0 Å². The zero-order valence-corrected chi connectivity index (χ0v) is 11.4. The molecule has 1 amide bonds. The maximum Gasteiger partial charge on any atom is 0.221 e. The van der Waals surface area contributed by atoms with Crippen molar-refractivity contribution in [2.24, 2.45) is 0 Å². The molecule has 1 atom stereocenters. The molecule has 1 aromatic carbocycles. The molecule has 1 aromatic rings. The van der Waals surface area contributed by atoms with E-state index in [-0.39, 0.29) is 18.1 Å². The number of anilines is 1. The van der Waals surface area contributed by atoms with E-state index in [2.05, 4.69) is 5.32 Å². The molecule has 3 N–H and O–H groups in total. The van der Waals surface area contributed by atoms with Crippen LogP contribution in [0.2, 0.25) is 5.02 Å². The van der Waals surface area contributed by atoms with Crippen molar-refractivity contribution in [3.8, 4) is 0 Å². The molecule has 1 aliphatic rings. The summed E-state index contributed by atoms with van der Waals surface area (Å²) in [4.78, 5) is 12.0. The molecular weight excluding hydrogens is 272 g/mol. The van der Waals surface area contributed by atoms with Crippen molar-refractivity contribution in [1.82, 2.24) is 5.32 Å². The van der Waals surface area contributed by atoms with E-state index in [0.29, 0.717) is 21.6 Å². The Morgan fingerprint density at radius 1 is 1.50 bits per heavy atom. The minimum Gasteiger partial charge on any atom is -0.399 e. The number of amides is 1. The van der Waals surface area contributed by atoms with Crippen molar-refractivity contribution in [3.63, 3.8) is 0 Å². The Morgan fingerprint density at radius 3 is 2.89 bits per heavy atom. The van der Waals surface area contributed by atoms with Crippen molar-refractivity contribution in [3.05, 3.63) is 23.2 Å². The van der Waals surface area contributed by atoms with Gasteiger partial charge in [0.25, 0.3) is 0 Å². The second-order valence-electron chi connectivity index (χ2n) is 4.33. The number of nitrogen functional groups attached to an aromatic ring is 1. The average Bonchev–Trinajstić information content (AvgIpc) is 3.13. The molecule has 0 radical (unpaired) electrons. The van der Waals surface area contributed by atoms with Crippen LogP contribution < -0.4 is 11.1 Å². The zero-order chi connectivity index (χ0) is 13.1. The predicted octanol–water partition coefficient (Wildman–Crippen LogP) is 1.70. The number of halogens is 1. The molecule has 0 aliphatic heterocycles. The van der Waals surface area contributed by atoms with Gasteiger partial charge in [0.1, 0.15) is 0 Å². The van der Waals surface area contributed by atoms with E-state index in [1.807, 2.05) is 0 Å². The maximum atomic E-state index is 12.0. The lowest BCUT2D eigenvalue weighted by Gasteiger charge is -2.06. The number of hydrogen-bond donors (Lipinski definition) is 2. The van der Waals surface area contributed by atoms with Gasteiger partial charge >= 0.3 is 0 Å². The van der Waals surface area contributed by atoms with Crippen LogP contribution in [-0.2, 0) is 15.6 Å². The molecular formula is C12H15ClN2O2S. The maximum absolute atomic E-state index is 12.0. The second-order valence-corrected chi connectivity index (χ2v) is 6.28. The fourth-order valence-corrected chi connectivity index (χ4v) is 3.04. The van der Waals surface area contributed by atoms with Crippen LogP contribution in [0.15, 0.2) is 23.1 Å². The lowest BCUT2D eigenvalue weighted by atomic mass is 10.3. The molecule has 98 valence electrons. The highest BCUT2D eigenvalue weighted by Gasteiger charge is 2.23. The summed E-state index contributed by atoms with van der Waals surface area (Å²) in [5, 5.41) is 3.28. The van der Waals surface area contributed by atoms with Gasteiger partial charge in [-0.3, -0.25) is 9.00 Å². The van der Waals surface area contributed by atoms with Gasteiger partial charge in [-0.2, -0.15) is 0 Å². The fraction of sp³-hybridized carbons (Fsp3) is 0.417. The Kier molecular flexibility index (Phi) is 4.24.